The first-order valence-electron chi connectivity index (χ1n) is 7.83. The topological polar surface area (TPSA) is 72.9 Å². The molecule has 0 aromatic heterocycles. The SMILES string of the molecule is CC(C)NC(CO)(CN1CCN(S(C)(=O)=O)CC1)C1CC1. The van der Waals surface area contributed by atoms with Gasteiger partial charge in [0.15, 0.2) is 0 Å². The van der Waals surface area contributed by atoms with E-state index in [0.29, 0.717) is 25.0 Å². The first kappa shape index (κ1) is 17.1. The van der Waals surface area contributed by atoms with Crippen molar-refractivity contribution in [3.05, 3.63) is 0 Å². The number of aliphatic hydroxyl groups is 1. The van der Waals surface area contributed by atoms with Crippen LogP contribution in [0.2, 0.25) is 0 Å². The van der Waals surface area contributed by atoms with Crippen LogP contribution in [-0.2, 0) is 10.0 Å². The highest BCUT2D eigenvalue weighted by molar-refractivity contribution is 7.88. The van der Waals surface area contributed by atoms with Gasteiger partial charge in [0.1, 0.15) is 0 Å². The van der Waals surface area contributed by atoms with Crippen molar-refractivity contribution in [3.63, 3.8) is 0 Å². The van der Waals surface area contributed by atoms with E-state index in [4.69, 9.17) is 0 Å². The Morgan fingerprint density at radius 3 is 2.19 bits per heavy atom. The van der Waals surface area contributed by atoms with E-state index in [9.17, 15) is 13.5 Å². The van der Waals surface area contributed by atoms with Gasteiger partial charge in [-0.2, -0.15) is 4.31 Å². The summed E-state index contributed by atoms with van der Waals surface area (Å²) in [5, 5.41) is 13.5. The smallest absolute Gasteiger partial charge is 0.211 e. The molecular formula is C14H29N3O3S. The summed E-state index contributed by atoms with van der Waals surface area (Å²) >= 11 is 0. The van der Waals surface area contributed by atoms with Gasteiger partial charge in [-0.3, -0.25) is 4.90 Å². The molecular weight excluding hydrogens is 290 g/mol. The maximum Gasteiger partial charge on any atom is 0.211 e. The van der Waals surface area contributed by atoms with E-state index in [1.54, 1.807) is 0 Å². The van der Waals surface area contributed by atoms with E-state index >= 15 is 0 Å². The maximum atomic E-state index is 11.6. The summed E-state index contributed by atoms with van der Waals surface area (Å²) in [6.07, 6.45) is 3.61. The number of hydrogen-bond donors (Lipinski definition) is 2. The molecule has 7 heteroatoms. The fraction of sp³-hybridized carbons (Fsp3) is 1.00. The molecule has 2 N–H and O–H groups in total. The van der Waals surface area contributed by atoms with Gasteiger partial charge in [-0.15, -0.1) is 0 Å². The molecule has 0 radical (unpaired) electrons. The van der Waals surface area contributed by atoms with Gasteiger partial charge in [0.2, 0.25) is 10.0 Å². The lowest BCUT2D eigenvalue weighted by Gasteiger charge is -2.42. The van der Waals surface area contributed by atoms with Crippen LogP contribution >= 0.6 is 0 Å². The minimum Gasteiger partial charge on any atom is -0.394 e. The van der Waals surface area contributed by atoms with Crippen molar-refractivity contribution in [2.75, 3.05) is 45.6 Å². The van der Waals surface area contributed by atoms with Crippen LogP contribution in [0.4, 0.5) is 0 Å². The van der Waals surface area contributed by atoms with E-state index in [1.807, 2.05) is 0 Å². The van der Waals surface area contributed by atoms with Crippen LogP contribution in [0.5, 0.6) is 0 Å². The van der Waals surface area contributed by atoms with Crippen LogP contribution in [0.1, 0.15) is 26.7 Å². The van der Waals surface area contributed by atoms with E-state index in [-0.39, 0.29) is 12.1 Å². The molecule has 1 atom stereocenters. The van der Waals surface area contributed by atoms with Gasteiger partial charge in [0.05, 0.1) is 18.4 Å². The Hall–Kier alpha value is -0.210. The third-order valence-corrected chi connectivity index (χ3v) is 5.83. The second-order valence-electron chi connectivity index (χ2n) is 6.83. The molecule has 1 aliphatic heterocycles. The fourth-order valence-corrected chi connectivity index (χ4v) is 4.17. The number of piperazine rings is 1. The highest BCUT2D eigenvalue weighted by Crippen LogP contribution is 2.40. The van der Waals surface area contributed by atoms with E-state index < -0.39 is 10.0 Å². The summed E-state index contributed by atoms with van der Waals surface area (Å²) in [5.74, 6) is 0.540. The van der Waals surface area contributed by atoms with Crippen molar-refractivity contribution in [1.82, 2.24) is 14.5 Å². The fourth-order valence-electron chi connectivity index (χ4n) is 3.35. The van der Waals surface area contributed by atoms with Gasteiger partial charge >= 0.3 is 0 Å². The summed E-state index contributed by atoms with van der Waals surface area (Å²) < 4.78 is 24.6. The molecule has 1 saturated carbocycles. The van der Waals surface area contributed by atoms with Crippen LogP contribution in [-0.4, -0.2) is 79.9 Å². The van der Waals surface area contributed by atoms with Crippen molar-refractivity contribution >= 4 is 10.0 Å². The number of nitrogens with one attached hydrogen (secondary N) is 1. The first-order chi connectivity index (χ1) is 9.77. The number of sulfonamides is 1. The van der Waals surface area contributed by atoms with Crippen molar-refractivity contribution in [2.45, 2.75) is 38.3 Å². The monoisotopic (exact) mass is 319 g/mol. The van der Waals surface area contributed by atoms with Gasteiger partial charge in [-0.1, -0.05) is 13.8 Å². The molecule has 1 saturated heterocycles. The lowest BCUT2D eigenvalue weighted by molar-refractivity contribution is 0.0691. The first-order valence-corrected chi connectivity index (χ1v) is 9.68. The highest BCUT2D eigenvalue weighted by Gasteiger charge is 2.46. The Bertz CT molecular complexity index is 442. The lowest BCUT2D eigenvalue weighted by Crippen LogP contribution is -2.62. The number of aliphatic hydroxyl groups excluding tert-OH is 1. The van der Waals surface area contributed by atoms with E-state index in [0.717, 1.165) is 19.6 Å². The molecule has 1 heterocycles. The van der Waals surface area contributed by atoms with Crippen molar-refractivity contribution < 1.29 is 13.5 Å². The van der Waals surface area contributed by atoms with Crippen molar-refractivity contribution in [3.8, 4) is 0 Å². The molecule has 2 fully saturated rings. The Kier molecular flexibility index (Phi) is 5.31. The summed E-state index contributed by atoms with van der Waals surface area (Å²) in [7, 11) is -3.08. The molecule has 1 unspecified atom stereocenters. The van der Waals surface area contributed by atoms with E-state index in [1.165, 1.54) is 23.4 Å². The average molecular weight is 319 g/mol. The molecule has 0 bridgehead atoms. The zero-order valence-electron chi connectivity index (χ0n) is 13.4. The Balaban J connectivity index is 1.96. The zero-order chi connectivity index (χ0) is 15.7. The average Bonchev–Trinajstić information content (AvgIpc) is 3.21. The van der Waals surface area contributed by atoms with Crippen molar-refractivity contribution in [1.29, 1.82) is 0 Å². The predicted molar refractivity (Wildman–Crippen MR) is 83.7 cm³/mol. The molecule has 0 aromatic rings. The van der Waals surface area contributed by atoms with Crippen LogP contribution in [0.25, 0.3) is 0 Å². The molecule has 124 valence electrons. The third-order valence-electron chi connectivity index (χ3n) is 4.52. The summed E-state index contributed by atoms with van der Waals surface area (Å²) in [4.78, 5) is 2.28. The Morgan fingerprint density at radius 1 is 1.24 bits per heavy atom. The van der Waals surface area contributed by atoms with Crippen molar-refractivity contribution in [2.24, 2.45) is 5.92 Å². The molecule has 1 aliphatic carbocycles. The zero-order valence-corrected chi connectivity index (χ0v) is 14.2. The van der Waals surface area contributed by atoms with Crippen LogP contribution in [0.15, 0.2) is 0 Å². The highest BCUT2D eigenvalue weighted by atomic mass is 32.2. The molecule has 6 nitrogen and oxygen atoms in total. The number of hydrogen-bond acceptors (Lipinski definition) is 5. The van der Waals surface area contributed by atoms with Crippen LogP contribution in [0.3, 0.4) is 0 Å². The predicted octanol–water partition coefficient (Wildman–Crippen LogP) is -0.297. The molecule has 2 aliphatic rings. The minimum absolute atomic E-state index is 0.141. The van der Waals surface area contributed by atoms with Gasteiger partial charge in [0, 0.05) is 38.8 Å². The molecule has 0 amide bonds. The van der Waals surface area contributed by atoms with Gasteiger partial charge < -0.3 is 10.4 Å². The normalized spacial score (nSPS) is 25.2. The standard InChI is InChI=1S/C14H29N3O3S/c1-12(2)15-14(11-18,13-4-5-13)10-16-6-8-17(9-7-16)21(3,19)20/h12-13,15,18H,4-11H2,1-3H3. The van der Waals surface area contributed by atoms with E-state index in [2.05, 4.69) is 24.1 Å². The summed E-state index contributed by atoms with van der Waals surface area (Å²) in [6.45, 7) is 7.72. The maximum absolute atomic E-state index is 11.6. The van der Waals surface area contributed by atoms with Gasteiger partial charge in [-0.25, -0.2) is 8.42 Å². The quantitative estimate of drug-likeness (QED) is 0.674. The lowest BCUT2D eigenvalue weighted by atomic mass is 9.92. The molecule has 2 rings (SSSR count). The summed E-state index contributed by atoms with van der Waals surface area (Å²) in [5.41, 5.74) is -0.235. The number of rotatable bonds is 7. The van der Waals surface area contributed by atoms with Crippen LogP contribution < -0.4 is 5.32 Å². The Labute approximate surface area is 128 Å². The largest absolute Gasteiger partial charge is 0.394 e. The minimum atomic E-state index is -3.08. The summed E-state index contributed by atoms with van der Waals surface area (Å²) in [6, 6.07) is 0.329. The molecule has 0 spiro atoms. The van der Waals surface area contributed by atoms with Gasteiger partial charge in [-0.05, 0) is 18.8 Å². The molecule has 21 heavy (non-hydrogen) atoms. The number of nitrogens with zero attached hydrogens (tertiary/aromatic N) is 2. The van der Waals surface area contributed by atoms with Gasteiger partial charge in [0.25, 0.3) is 0 Å². The third kappa shape index (κ3) is 4.39. The molecule has 0 aromatic carbocycles. The second-order valence-corrected chi connectivity index (χ2v) is 8.81. The second kappa shape index (κ2) is 6.50. The Morgan fingerprint density at radius 2 is 1.81 bits per heavy atom. The van der Waals surface area contributed by atoms with Crippen LogP contribution in [0, 0.1) is 5.92 Å².